The highest BCUT2D eigenvalue weighted by molar-refractivity contribution is 5.63. The van der Waals surface area contributed by atoms with Crippen molar-refractivity contribution in [2.24, 2.45) is 0 Å². The van der Waals surface area contributed by atoms with Crippen LogP contribution in [-0.2, 0) is 5.60 Å². The fraction of sp³-hybridized carbons (Fsp3) is 0.455. The Kier molecular flexibility index (Phi) is 5.37. The number of piperidine rings is 1. The molecule has 0 bridgehead atoms. The molecule has 3 rings (SSSR count). The maximum Gasteiger partial charge on any atom is 0.0880 e. The molecular formula is C22H29NO. The molecule has 2 unspecified atom stereocenters. The molecule has 2 nitrogen and oxygen atoms in total. The van der Waals surface area contributed by atoms with E-state index in [1.165, 1.54) is 36.9 Å². The zero-order chi connectivity index (χ0) is 17.0. The lowest BCUT2D eigenvalue weighted by Crippen LogP contribution is -2.40. The largest absolute Gasteiger partial charge is 0.385 e. The van der Waals surface area contributed by atoms with E-state index < -0.39 is 5.60 Å². The van der Waals surface area contributed by atoms with Crippen LogP contribution in [0.2, 0.25) is 0 Å². The maximum atomic E-state index is 10.9. The highest BCUT2D eigenvalue weighted by Crippen LogP contribution is 2.29. The molecule has 0 spiro atoms. The first kappa shape index (κ1) is 17.2. The van der Waals surface area contributed by atoms with Gasteiger partial charge in [-0.15, -0.1) is 0 Å². The second-order valence-corrected chi connectivity index (χ2v) is 7.35. The molecule has 0 saturated carbocycles. The molecule has 2 aromatic carbocycles. The number of hydrogen-bond donors (Lipinski definition) is 1. The van der Waals surface area contributed by atoms with Crippen molar-refractivity contribution in [3.05, 3.63) is 60.2 Å². The fourth-order valence-electron chi connectivity index (χ4n) is 3.65. The fourth-order valence-corrected chi connectivity index (χ4v) is 3.65. The second kappa shape index (κ2) is 7.50. The molecule has 0 amide bonds. The van der Waals surface area contributed by atoms with Gasteiger partial charge in [-0.25, -0.2) is 0 Å². The minimum atomic E-state index is -0.771. The topological polar surface area (TPSA) is 23.5 Å². The Labute approximate surface area is 146 Å². The Hall–Kier alpha value is -1.64. The minimum absolute atomic E-state index is 0.648. The Morgan fingerprint density at radius 1 is 1.00 bits per heavy atom. The minimum Gasteiger partial charge on any atom is -0.385 e. The summed E-state index contributed by atoms with van der Waals surface area (Å²) < 4.78 is 0. The molecule has 2 heteroatoms. The van der Waals surface area contributed by atoms with Gasteiger partial charge in [-0.1, -0.05) is 61.0 Å². The third kappa shape index (κ3) is 4.06. The van der Waals surface area contributed by atoms with Crippen molar-refractivity contribution in [2.75, 3.05) is 13.1 Å². The predicted molar refractivity (Wildman–Crippen MR) is 101 cm³/mol. The molecule has 0 aromatic heterocycles. The van der Waals surface area contributed by atoms with E-state index in [0.29, 0.717) is 6.04 Å². The molecule has 0 radical (unpaired) electrons. The molecule has 2 aromatic rings. The monoisotopic (exact) mass is 323 g/mol. The van der Waals surface area contributed by atoms with E-state index in [1.807, 2.05) is 13.0 Å². The molecule has 0 aliphatic carbocycles. The Bertz CT molecular complexity index is 633. The number of aliphatic hydroxyl groups is 1. The highest BCUT2D eigenvalue weighted by Gasteiger charge is 2.26. The van der Waals surface area contributed by atoms with Crippen LogP contribution in [0.15, 0.2) is 54.6 Å². The molecule has 1 aliphatic heterocycles. The lowest BCUT2D eigenvalue weighted by Gasteiger charge is -2.35. The van der Waals surface area contributed by atoms with Crippen LogP contribution in [0.1, 0.15) is 45.1 Å². The lowest BCUT2D eigenvalue weighted by molar-refractivity contribution is 0.0270. The number of nitrogens with zero attached hydrogens (tertiary/aromatic N) is 1. The summed E-state index contributed by atoms with van der Waals surface area (Å²) >= 11 is 0. The van der Waals surface area contributed by atoms with Crippen molar-refractivity contribution in [3.63, 3.8) is 0 Å². The summed E-state index contributed by atoms with van der Waals surface area (Å²) in [7, 11) is 0. The summed E-state index contributed by atoms with van der Waals surface area (Å²) in [5.74, 6) is 0. The third-order valence-corrected chi connectivity index (χ3v) is 5.44. The van der Waals surface area contributed by atoms with Crippen LogP contribution >= 0.6 is 0 Å². The van der Waals surface area contributed by atoms with Gasteiger partial charge in [-0.2, -0.15) is 0 Å². The molecule has 1 heterocycles. The van der Waals surface area contributed by atoms with Crippen LogP contribution < -0.4 is 0 Å². The lowest BCUT2D eigenvalue weighted by atomic mass is 9.90. The van der Waals surface area contributed by atoms with E-state index in [4.69, 9.17) is 0 Å². The summed E-state index contributed by atoms with van der Waals surface area (Å²) in [6.45, 7) is 6.39. The van der Waals surface area contributed by atoms with Crippen LogP contribution in [0.4, 0.5) is 0 Å². The van der Waals surface area contributed by atoms with Crippen molar-refractivity contribution >= 4 is 0 Å². The normalized spacial score (nSPS) is 21.4. The van der Waals surface area contributed by atoms with Crippen molar-refractivity contribution < 1.29 is 5.11 Å². The van der Waals surface area contributed by atoms with Gasteiger partial charge in [-0.05, 0) is 56.3 Å². The van der Waals surface area contributed by atoms with E-state index in [-0.39, 0.29) is 0 Å². The van der Waals surface area contributed by atoms with Crippen LogP contribution in [0.25, 0.3) is 11.1 Å². The molecule has 128 valence electrons. The van der Waals surface area contributed by atoms with Crippen molar-refractivity contribution in [1.29, 1.82) is 0 Å². The summed E-state index contributed by atoms with van der Waals surface area (Å²) in [5, 5.41) is 10.9. The summed E-state index contributed by atoms with van der Waals surface area (Å²) in [6.07, 6.45) is 4.70. The van der Waals surface area contributed by atoms with Gasteiger partial charge >= 0.3 is 0 Å². The van der Waals surface area contributed by atoms with Crippen LogP contribution in [0, 0.1) is 0 Å². The molecular weight excluding hydrogens is 294 g/mol. The van der Waals surface area contributed by atoms with Crippen molar-refractivity contribution in [3.8, 4) is 11.1 Å². The first-order valence-corrected chi connectivity index (χ1v) is 9.19. The van der Waals surface area contributed by atoms with E-state index in [1.54, 1.807) is 0 Å². The van der Waals surface area contributed by atoms with E-state index >= 15 is 0 Å². The third-order valence-electron chi connectivity index (χ3n) is 5.44. The van der Waals surface area contributed by atoms with Gasteiger partial charge < -0.3 is 10.0 Å². The number of rotatable bonds is 5. The second-order valence-electron chi connectivity index (χ2n) is 7.35. The Balaban J connectivity index is 1.66. The molecule has 24 heavy (non-hydrogen) atoms. The standard InChI is InChI=1S/C22H29NO/c1-18-8-6-7-16-23(18)17-15-22(2,24)21-13-11-20(12-14-21)19-9-4-3-5-10-19/h3-5,9-14,18,24H,6-8,15-17H2,1-2H3. The summed E-state index contributed by atoms with van der Waals surface area (Å²) in [4.78, 5) is 2.52. The maximum absolute atomic E-state index is 10.9. The molecule has 2 atom stereocenters. The van der Waals surface area contributed by atoms with E-state index in [0.717, 1.165) is 18.5 Å². The molecule has 1 saturated heterocycles. The van der Waals surface area contributed by atoms with Gasteiger partial charge in [0.15, 0.2) is 0 Å². The van der Waals surface area contributed by atoms with Crippen LogP contribution in [-0.4, -0.2) is 29.1 Å². The molecule has 1 fully saturated rings. The van der Waals surface area contributed by atoms with Gasteiger partial charge in [0.2, 0.25) is 0 Å². The zero-order valence-electron chi connectivity index (χ0n) is 14.9. The Morgan fingerprint density at radius 3 is 2.33 bits per heavy atom. The van der Waals surface area contributed by atoms with Gasteiger partial charge in [0.05, 0.1) is 5.60 Å². The smallest absolute Gasteiger partial charge is 0.0880 e. The average Bonchev–Trinajstić information content (AvgIpc) is 2.62. The first-order valence-electron chi connectivity index (χ1n) is 9.19. The first-order chi connectivity index (χ1) is 11.6. The molecule has 1 N–H and O–H groups in total. The number of hydrogen-bond acceptors (Lipinski definition) is 2. The number of likely N-dealkylation sites (tertiary alicyclic amines) is 1. The van der Waals surface area contributed by atoms with Crippen molar-refractivity contribution in [1.82, 2.24) is 4.90 Å². The molecule has 1 aliphatic rings. The van der Waals surface area contributed by atoms with Gasteiger partial charge in [-0.3, -0.25) is 0 Å². The zero-order valence-corrected chi connectivity index (χ0v) is 14.9. The van der Waals surface area contributed by atoms with Crippen LogP contribution in [0.5, 0.6) is 0 Å². The quantitative estimate of drug-likeness (QED) is 0.852. The highest BCUT2D eigenvalue weighted by atomic mass is 16.3. The average molecular weight is 323 g/mol. The van der Waals surface area contributed by atoms with E-state index in [9.17, 15) is 5.11 Å². The summed E-state index contributed by atoms with van der Waals surface area (Å²) in [6, 6.07) is 19.4. The van der Waals surface area contributed by atoms with E-state index in [2.05, 4.69) is 60.4 Å². The predicted octanol–water partition coefficient (Wildman–Crippen LogP) is 4.83. The van der Waals surface area contributed by atoms with Gasteiger partial charge in [0.1, 0.15) is 0 Å². The van der Waals surface area contributed by atoms with Crippen LogP contribution in [0.3, 0.4) is 0 Å². The van der Waals surface area contributed by atoms with Crippen molar-refractivity contribution in [2.45, 2.75) is 51.2 Å². The number of benzene rings is 2. The SMILES string of the molecule is CC1CCCCN1CCC(C)(O)c1ccc(-c2ccccc2)cc1. The summed E-state index contributed by atoms with van der Waals surface area (Å²) in [5.41, 5.74) is 2.64. The Morgan fingerprint density at radius 2 is 1.67 bits per heavy atom. The van der Waals surface area contributed by atoms with Gasteiger partial charge in [0.25, 0.3) is 0 Å². The van der Waals surface area contributed by atoms with Gasteiger partial charge in [0, 0.05) is 12.6 Å².